The van der Waals surface area contributed by atoms with Crippen LogP contribution in [0.1, 0.15) is 12.0 Å². The lowest BCUT2D eigenvalue weighted by Crippen LogP contribution is -2.39. The Morgan fingerprint density at radius 2 is 1.91 bits per heavy atom. The number of rotatable bonds is 4. The number of amides is 2. The Morgan fingerprint density at radius 3 is 2.65 bits per heavy atom. The molecule has 120 valence electrons. The molecular formula is C18H19FN2O2. The van der Waals surface area contributed by atoms with Crippen LogP contribution in [0, 0.1) is 5.82 Å². The van der Waals surface area contributed by atoms with E-state index in [2.05, 4.69) is 5.32 Å². The molecule has 23 heavy (non-hydrogen) atoms. The SMILES string of the molecule is O=C(NCc1ccc(F)cc1)N1CCC(Oc2ccccc2)C1. The third-order valence-electron chi connectivity index (χ3n) is 3.84. The van der Waals surface area contributed by atoms with Crippen LogP contribution in [-0.2, 0) is 6.54 Å². The van der Waals surface area contributed by atoms with E-state index in [0.29, 0.717) is 19.6 Å². The van der Waals surface area contributed by atoms with Gasteiger partial charge in [-0.1, -0.05) is 30.3 Å². The second-order valence-electron chi connectivity index (χ2n) is 5.57. The Labute approximate surface area is 134 Å². The van der Waals surface area contributed by atoms with Crippen molar-refractivity contribution in [3.63, 3.8) is 0 Å². The van der Waals surface area contributed by atoms with Gasteiger partial charge in [-0.3, -0.25) is 0 Å². The van der Waals surface area contributed by atoms with Crippen LogP contribution in [0.25, 0.3) is 0 Å². The summed E-state index contributed by atoms with van der Waals surface area (Å²) in [5, 5.41) is 2.85. The maximum atomic E-state index is 12.8. The normalized spacial score (nSPS) is 17.1. The average molecular weight is 314 g/mol. The predicted octanol–water partition coefficient (Wildman–Crippen LogP) is 3.19. The van der Waals surface area contributed by atoms with Crippen LogP contribution in [0.3, 0.4) is 0 Å². The van der Waals surface area contributed by atoms with Crippen molar-refractivity contribution in [2.45, 2.75) is 19.1 Å². The lowest BCUT2D eigenvalue weighted by Gasteiger charge is -2.18. The van der Waals surface area contributed by atoms with E-state index in [1.54, 1.807) is 17.0 Å². The van der Waals surface area contributed by atoms with Crippen LogP contribution >= 0.6 is 0 Å². The number of benzene rings is 2. The minimum atomic E-state index is -0.277. The number of carbonyl (C=O) groups excluding carboxylic acids is 1. The van der Waals surface area contributed by atoms with Crippen molar-refractivity contribution in [2.75, 3.05) is 13.1 Å². The molecule has 1 aliphatic heterocycles. The van der Waals surface area contributed by atoms with E-state index in [1.807, 2.05) is 30.3 Å². The topological polar surface area (TPSA) is 41.6 Å². The highest BCUT2D eigenvalue weighted by Crippen LogP contribution is 2.18. The molecule has 3 rings (SSSR count). The Morgan fingerprint density at radius 1 is 1.17 bits per heavy atom. The van der Waals surface area contributed by atoms with Crippen molar-refractivity contribution < 1.29 is 13.9 Å². The number of carbonyl (C=O) groups is 1. The molecule has 1 unspecified atom stereocenters. The second kappa shape index (κ2) is 7.13. The fourth-order valence-corrected chi connectivity index (χ4v) is 2.59. The molecular weight excluding hydrogens is 295 g/mol. The van der Waals surface area contributed by atoms with Gasteiger partial charge in [-0.2, -0.15) is 0 Å². The van der Waals surface area contributed by atoms with Crippen LogP contribution < -0.4 is 10.1 Å². The molecule has 2 aromatic rings. The number of nitrogens with zero attached hydrogens (tertiary/aromatic N) is 1. The molecule has 2 aromatic carbocycles. The van der Waals surface area contributed by atoms with Crippen LogP contribution in [0.4, 0.5) is 9.18 Å². The summed E-state index contributed by atoms with van der Waals surface area (Å²) in [4.78, 5) is 13.9. The largest absolute Gasteiger partial charge is 0.489 e. The minimum absolute atomic E-state index is 0.0222. The third kappa shape index (κ3) is 4.22. The molecule has 1 saturated heterocycles. The first kappa shape index (κ1) is 15.3. The number of para-hydroxylation sites is 1. The summed E-state index contributed by atoms with van der Waals surface area (Å²) >= 11 is 0. The zero-order chi connectivity index (χ0) is 16.1. The van der Waals surface area contributed by atoms with Crippen molar-refractivity contribution in [1.82, 2.24) is 10.2 Å². The van der Waals surface area contributed by atoms with Gasteiger partial charge in [0.25, 0.3) is 0 Å². The Balaban J connectivity index is 1.46. The fourth-order valence-electron chi connectivity index (χ4n) is 2.59. The molecule has 0 radical (unpaired) electrons. The number of hydrogen-bond acceptors (Lipinski definition) is 2. The van der Waals surface area contributed by atoms with E-state index >= 15 is 0 Å². The highest BCUT2D eigenvalue weighted by molar-refractivity contribution is 5.74. The summed E-state index contributed by atoms with van der Waals surface area (Å²) in [6, 6.07) is 15.6. The minimum Gasteiger partial charge on any atom is -0.489 e. The Bertz CT molecular complexity index is 646. The predicted molar refractivity (Wildman–Crippen MR) is 85.7 cm³/mol. The summed E-state index contributed by atoms with van der Waals surface area (Å²) in [6.07, 6.45) is 0.841. The molecule has 5 heteroatoms. The lowest BCUT2D eigenvalue weighted by atomic mass is 10.2. The summed E-state index contributed by atoms with van der Waals surface area (Å²) < 4.78 is 18.7. The molecule has 2 amide bonds. The molecule has 1 atom stereocenters. The van der Waals surface area contributed by atoms with E-state index in [0.717, 1.165) is 17.7 Å². The summed E-state index contributed by atoms with van der Waals surface area (Å²) in [6.45, 7) is 1.64. The standard InChI is InChI=1S/C18H19FN2O2/c19-15-8-6-14(7-9-15)12-20-18(22)21-11-10-17(13-21)23-16-4-2-1-3-5-16/h1-9,17H,10-13H2,(H,20,22). The molecule has 1 aliphatic rings. The first-order chi connectivity index (χ1) is 11.2. The van der Waals surface area contributed by atoms with Gasteiger partial charge in [0.1, 0.15) is 17.7 Å². The van der Waals surface area contributed by atoms with Crippen LogP contribution in [0.5, 0.6) is 5.75 Å². The summed E-state index contributed by atoms with van der Waals surface area (Å²) in [5.41, 5.74) is 0.871. The quantitative estimate of drug-likeness (QED) is 0.941. The highest BCUT2D eigenvalue weighted by atomic mass is 19.1. The monoisotopic (exact) mass is 314 g/mol. The summed E-state index contributed by atoms with van der Waals surface area (Å²) in [7, 11) is 0. The van der Waals surface area contributed by atoms with Crippen molar-refractivity contribution in [2.24, 2.45) is 0 Å². The van der Waals surface area contributed by atoms with Gasteiger partial charge in [0.15, 0.2) is 0 Å². The number of halogens is 1. The fraction of sp³-hybridized carbons (Fsp3) is 0.278. The molecule has 1 heterocycles. The maximum Gasteiger partial charge on any atom is 0.317 e. The van der Waals surface area contributed by atoms with E-state index in [-0.39, 0.29) is 18.0 Å². The highest BCUT2D eigenvalue weighted by Gasteiger charge is 2.27. The smallest absolute Gasteiger partial charge is 0.317 e. The Kier molecular flexibility index (Phi) is 4.76. The molecule has 0 saturated carbocycles. The van der Waals surface area contributed by atoms with E-state index < -0.39 is 0 Å². The summed E-state index contributed by atoms with van der Waals surface area (Å²) in [5.74, 6) is 0.548. The van der Waals surface area contributed by atoms with Gasteiger partial charge in [-0.25, -0.2) is 9.18 Å². The van der Waals surface area contributed by atoms with Gasteiger partial charge >= 0.3 is 6.03 Å². The second-order valence-corrected chi connectivity index (χ2v) is 5.57. The first-order valence-corrected chi connectivity index (χ1v) is 7.69. The molecule has 0 aromatic heterocycles. The molecule has 0 spiro atoms. The Hall–Kier alpha value is -2.56. The third-order valence-corrected chi connectivity index (χ3v) is 3.84. The van der Waals surface area contributed by atoms with Crippen LogP contribution in [0.2, 0.25) is 0 Å². The van der Waals surface area contributed by atoms with Crippen molar-refractivity contribution in [3.8, 4) is 5.75 Å². The molecule has 1 fully saturated rings. The molecule has 0 aliphatic carbocycles. The number of likely N-dealkylation sites (tertiary alicyclic amines) is 1. The molecule has 1 N–H and O–H groups in total. The number of ether oxygens (including phenoxy) is 1. The van der Waals surface area contributed by atoms with Gasteiger partial charge in [0, 0.05) is 19.5 Å². The van der Waals surface area contributed by atoms with Gasteiger partial charge in [0.2, 0.25) is 0 Å². The van der Waals surface area contributed by atoms with Crippen LogP contribution in [0.15, 0.2) is 54.6 Å². The van der Waals surface area contributed by atoms with Gasteiger partial charge in [0.05, 0.1) is 6.54 Å². The number of nitrogens with one attached hydrogen (secondary N) is 1. The van der Waals surface area contributed by atoms with Gasteiger partial charge < -0.3 is 15.0 Å². The molecule has 0 bridgehead atoms. The van der Waals surface area contributed by atoms with Gasteiger partial charge in [-0.05, 0) is 29.8 Å². The van der Waals surface area contributed by atoms with E-state index in [1.165, 1.54) is 12.1 Å². The van der Waals surface area contributed by atoms with Crippen LogP contribution in [-0.4, -0.2) is 30.1 Å². The van der Waals surface area contributed by atoms with E-state index in [9.17, 15) is 9.18 Å². The lowest BCUT2D eigenvalue weighted by molar-refractivity contribution is 0.186. The number of hydrogen-bond donors (Lipinski definition) is 1. The number of urea groups is 1. The van der Waals surface area contributed by atoms with Crippen molar-refractivity contribution >= 4 is 6.03 Å². The van der Waals surface area contributed by atoms with Gasteiger partial charge in [-0.15, -0.1) is 0 Å². The zero-order valence-corrected chi connectivity index (χ0v) is 12.7. The maximum absolute atomic E-state index is 12.8. The first-order valence-electron chi connectivity index (χ1n) is 7.69. The average Bonchev–Trinajstić information content (AvgIpc) is 3.03. The van der Waals surface area contributed by atoms with Crippen molar-refractivity contribution in [3.05, 3.63) is 66.0 Å². The zero-order valence-electron chi connectivity index (χ0n) is 12.7. The molecule has 4 nitrogen and oxygen atoms in total. The van der Waals surface area contributed by atoms with Crippen molar-refractivity contribution in [1.29, 1.82) is 0 Å². The van der Waals surface area contributed by atoms with E-state index in [4.69, 9.17) is 4.74 Å².